The molecule has 3 heterocycles. The summed E-state index contributed by atoms with van der Waals surface area (Å²) in [5, 5.41) is 4.75. The number of rotatable bonds is 1. The normalized spacial score (nSPS) is 17.3. The van der Waals surface area contributed by atoms with Gasteiger partial charge in [0.2, 0.25) is 0 Å². The van der Waals surface area contributed by atoms with E-state index in [4.69, 9.17) is 4.74 Å². The van der Waals surface area contributed by atoms with Crippen LogP contribution in [0.5, 0.6) is 5.75 Å². The second-order valence-corrected chi connectivity index (χ2v) is 6.19. The number of aryl methyl sites for hydroxylation is 1. The number of carbonyl (C=O) groups excluding carboxylic acids is 1. The molecule has 0 radical (unpaired) electrons. The highest BCUT2D eigenvalue weighted by Gasteiger charge is 2.33. The van der Waals surface area contributed by atoms with Gasteiger partial charge < -0.3 is 9.30 Å². The van der Waals surface area contributed by atoms with E-state index in [0.29, 0.717) is 11.3 Å². The Hall–Kier alpha value is -2.40. The number of para-hydroxylation sites is 1. The molecule has 0 aliphatic carbocycles. The summed E-state index contributed by atoms with van der Waals surface area (Å²) in [6.07, 6.45) is 0.206. The molecule has 2 aromatic heterocycles. The third-order valence-electron chi connectivity index (χ3n) is 4.17. The Balaban J connectivity index is 2.11. The summed E-state index contributed by atoms with van der Waals surface area (Å²) in [6.45, 7) is 0. The highest BCUT2D eigenvalue weighted by atomic mass is 32.1. The molecule has 22 heavy (non-hydrogen) atoms. The Kier molecular flexibility index (Phi) is 2.90. The van der Waals surface area contributed by atoms with Crippen molar-refractivity contribution in [2.75, 3.05) is 0 Å². The van der Waals surface area contributed by atoms with Gasteiger partial charge in [-0.1, -0.05) is 12.1 Å². The minimum absolute atomic E-state index is 0.0996. The second kappa shape index (κ2) is 4.81. The summed E-state index contributed by atoms with van der Waals surface area (Å²) in [6, 6.07) is 9.46. The number of thiophene rings is 1. The van der Waals surface area contributed by atoms with Crippen molar-refractivity contribution >= 4 is 28.2 Å². The fourth-order valence-electron chi connectivity index (χ4n) is 3.09. The molecule has 0 saturated heterocycles. The lowest BCUT2D eigenvalue weighted by atomic mass is 9.87. The lowest BCUT2D eigenvalue weighted by Gasteiger charge is -2.25. The van der Waals surface area contributed by atoms with Gasteiger partial charge in [-0.15, -0.1) is 0 Å². The van der Waals surface area contributed by atoms with Crippen molar-refractivity contribution in [2.45, 2.75) is 12.3 Å². The quantitative estimate of drug-likeness (QED) is 0.649. The topological polar surface area (TPSA) is 48.3 Å². The molecule has 0 N–H and O–H groups in total. The van der Waals surface area contributed by atoms with Crippen molar-refractivity contribution in [2.24, 2.45) is 7.05 Å². The number of carbonyl (C=O) groups is 1. The van der Waals surface area contributed by atoms with Gasteiger partial charge in [0.15, 0.2) is 0 Å². The van der Waals surface area contributed by atoms with Crippen molar-refractivity contribution in [1.82, 2.24) is 4.57 Å². The molecule has 4 nitrogen and oxygen atoms in total. The summed E-state index contributed by atoms with van der Waals surface area (Å²) in [4.78, 5) is 24.9. The van der Waals surface area contributed by atoms with E-state index in [1.54, 1.807) is 23.0 Å². The third-order valence-corrected chi connectivity index (χ3v) is 4.87. The van der Waals surface area contributed by atoms with Crippen LogP contribution in [0.15, 0.2) is 45.9 Å². The number of benzene rings is 1. The number of esters is 1. The van der Waals surface area contributed by atoms with Crippen LogP contribution in [0.4, 0.5) is 0 Å². The summed E-state index contributed by atoms with van der Waals surface area (Å²) in [5.74, 6) is -0.0981. The second-order valence-electron chi connectivity index (χ2n) is 5.41. The molecular weight excluding hydrogens is 298 g/mol. The molecule has 1 aromatic carbocycles. The number of fused-ring (bicyclic) bond motifs is 3. The Morgan fingerprint density at radius 3 is 2.82 bits per heavy atom. The molecule has 3 aromatic rings. The molecule has 1 aliphatic rings. The number of pyridine rings is 1. The minimum Gasteiger partial charge on any atom is -0.425 e. The summed E-state index contributed by atoms with van der Waals surface area (Å²) in [7, 11) is 1.76. The van der Waals surface area contributed by atoms with E-state index in [9.17, 15) is 9.59 Å². The first-order valence-corrected chi connectivity index (χ1v) is 7.95. The highest BCUT2D eigenvalue weighted by Crippen LogP contribution is 2.40. The smallest absolute Gasteiger partial charge is 0.312 e. The molecule has 4 rings (SSSR count). The van der Waals surface area contributed by atoms with Crippen LogP contribution in [-0.4, -0.2) is 10.5 Å². The standard InChI is InChI=1S/C17H13NO3S/c1-18-13-5-3-2-4-11(13)16-15(17(18)20)12(8-14(19)21-16)10-6-7-22-9-10/h2-7,9,12H,8H2,1H3/t12-/m1/s1. The Bertz CT molecular complexity index is 940. The van der Waals surface area contributed by atoms with E-state index in [2.05, 4.69) is 0 Å². The van der Waals surface area contributed by atoms with Gasteiger partial charge in [0.05, 0.1) is 17.5 Å². The predicted octanol–water partition coefficient (Wildman–Crippen LogP) is 3.04. The molecule has 0 fully saturated rings. The van der Waals surface area contributed by atoms with Gasteiger partial charge in [0, 0.05) is 18.4 Å². The van der Waals surface area contributed by atoms with Crippen molar-refractivity contribution < 1.29 is 9.53 Å². The fourth-order valence-corrected chi connectivity index (χ4v) is 3.80. The number of aromatic nitrogens is 1. The van der Waals surface area contributed by atoms with Gasteiger partial charge in [-0.2, -0.15) is 11.3 Å². The van der Waals surface area contributed by atoms with E-state index in [1.807, 2.05) is 41.1 Å². The molecule has 0 bridgehead atoms. The van der Waals surface area contributed by atoms with Crippen molar-refractivity contribution in [1.29, 1.82) is 0 Å². The average Bonchev–Trinajstić information content (AvgIpc) is 3.06. The van der Waals surface area contributed by atoms with Crippen LogP contribution in [0.2, 0.25) is 0 Å². The van der Waals surface area contributed by atoms with Crippen LogP contribution >= 0.6 is 11.3 Å². The van der Waals surface area contributed by atoms with Gasteiger partial charge in [-0.3, -0.25) is 9.59 Å². The maximum absolute atomic E-state index is 12.8. The average molecular weight is 311 g/mol. The van der Waals surface area contributed by atoms with Gasteiger partial charge in [-0.05, 0) is 34.5 Å². The van der Waals surface area contributed by atoms with E-state index in [0.717, 1.165) is 16.5 Å². The highest BCUT2D eigenvalue weighted by molar-refractivity contribution is 7.08. The van der Waals surface area contributed by atoms with Gasteiger partial charge in [0.1, 0.15) is 5.75 Å². The molecule has 1 aliphatic heterocycles. The maximum Gasteiger partial charge on any atom is 0.312 e. The predicted molar refractivity (Wildman–Crippen MR) is 85.6 cm³/mol. The lowest BCUT2D eigenvalue weighted by molar-refractivity contribution is -0.135. The zero-order valence-electron chi connectivity index (χ0n) is 11.9. The van der Waals surface area contributed by atoms with Crippen LogP contribution in [0.25, 0.3) is 10.9 Å². The van der Waals surface area contributed by atoms with Gasteiger partial charge in [-0.25, -0.2) is 0 Å². The fraction of sp³-hybridized carbons (Fsp3) is 0.176. The number of hydrogen-bond acceptors (Lipinski definition) is 4. The monoisotopic (exact) mass is 311 g/mol. The molecule has 1 atom stereocenters. The molecule has 0 saturated carbocycles. The van der Waals surface area contributed by atoms with Crippen LogP contribution < -0.4 is 10.3 Å². The number of hydrogen-bond donors (Lipinski definition) is 0. The van der Waals surface area contributed by atoms with Crippen molar-refractivity contribution in [3.05, 3.63) is 62.6 Å². The van der Waals surface area contributed by atoms with Crippen molar-refractivity contribution in [3.8, 4) is 5.75 Å². The summed E-state index contributed by atoms with van der Waals surface area (Å²) >= 11 is 1.56. The molecule has 110 valence electrons. The van der Waals surface area contributed by atoms with E-state index >= 15 is 0 Å². The van der Waals surface area contributed by atoms with Crippen LogP contribution in [-0.2, 0) is 11.8 Å². The molecule has 5 heteroatoms. The first kappa shape index (κ1) is 13.3. The number of ether oxygens (including phenoxy) is 1. The summed E-state index contributed by atoms with van der Waals surface area (Å²) in [5.41, 5.74) is 2.25. The first-order valence-electron chi connectivity index (χ1n) is 7.01. The van der Waals surface area contributed by atoms with E-state index < -0.39 is 0 Å². The molecule has 0 spiro atoms. The van der Waals surface area contributed by atoms with Crippen molar-refractivity contribution in [3.63, 3.8) is 0 Å². The molecular formula is C17H13NO3S. The van der Waals surface area contributed by atoms with Gasteiger partial charge in [0.25, 0.3) is 5.56 Å². The zero-order chi connectivity index (χ0) is 15.3. The largest absolute Gasteiger partial charge is 0.425 e. The molecule has 0 amide bonds. The van der Waals surface area contributed by atoms with Crippen LogP contribution in [0, 0.1) is 0 Å². The van der Waals surface area contributed by atoms with Crippen LogP contribution in [0.3, 0.4) is 0 Å². The Morgan fingerprint density at radius 1 is 1.23 bits per heavy atom. The lowest BCUT2D eigenvalue weighted by Crippen LogP contribution is -2.31. The zero-order valence-corrected chi connectivity index (χ0v) is 12.7. The maximum atomic E-state index is 12.8. The van der Waals surface area contributed by atoms with E-state index in [1.165, 1.54) is 0 Å². The van der Waals surface area contributed by atoms with Crippen LogP contribution in [0.1, 0.15) is 23.5 Å². The minimum atomic E-state index is -0.290. The summed E-state index contributed by atoms with van der Waals surface area (Å²) < 4.78 is 7.09. The molecule has 0 unspecified atom stereocenters. The Morgan fingerprint density at radius 2 is 2.05 bits per heavy atom. The third kappa shape index (κ3) is 1.82. The SMILES string of the molecule is Cn1c(=O)c2c(c3ccccc31)OC(=O)C[C@@H]2c1ccsc1. The first-order chi connectivity index (χ1) is 10.7. The van der Waals surface area contributed by atoms with E-state index in [-0.39, 0.29) is 23.9 Å². The number of nitrogens with zero attached hydrogens (tertiary/aromatic N) is 1. The van der Waals surface area contributed by atoms with Gasteiger partial charge >= 0.3 is 5.97 Å². The Labute approximate surface area is 130 Å².